The number of esters is 1. The van der Waals surface area contributed by atoms with Crippen LogP contribution >= 0.6 is 0 Å². The van der Waals surface area contributed by atoms with Crippen molar-refractivity contribution in [2.75, 3.05) is 6.61 Å². The van der Waals surface area contributed by atoms with Crippen molar-refractivity contribution in [1.82, 2.24) is 0 Å². The Balaban J connectivity index is 1.84. The monoisotopic (exact) mass is 424 g/mol. The van der Waals surface area contributed by atoms with Crippen LogP contribution in [-0.2, 0) is 10.2 Å². The molecule has 1 aliphatic heterocycles. The van der Waals surface area contributed by atoms with Gasteiger partial charge in [0.05, 0.1) is 18.1 Å². The van der Waals surface area contributed by atoms with Crippen LogP contribution in [0.1, 0.15) is 86.7 Å². The molecule has 1 heterocycles. The number of unbranched alkanes of at least 4 members (excludes halogenated alkanes) is 2. The number of benzene rings is 2. The Morgan fingerprint density at radius 1 is 1.13 bits per heavy atom. The molecule has 0 amide bonds. The van der Waals surface area contributed by atoms with Crippen molar-refractivity contribution < 1.29 is 24.2 Å². The fourth-order valence-corrected chi connectivity index (χ4v) is 4.13. The molecule has 0 saturated heterocycles. The summed E-state index contributed by atoms with van der Waals surface area (Å²) in [6.45, 7) is 7.28. The molecule has 0 saturated carbocycles. The minimum absolute atomic E-state index is 0.0935. The maximum absolute atomic E-state index is 13.1. The first-order valence-electron chi connectivity index (χ1n) is 11.2. The number of hydrogen-bond acceptors (Lipinski definition) is 4. The number of ether oxygens (including phenoxy) is 2. The van der Waals surface area contributed by atoms with E-state index in [1.165, 1.54) is 29.8 Å². The first-order chi connectivity index (χ1) is 14.9. The molecule has 5 heteroatoms. The molecular formula is C26H32O5. The highest BCUT2D eigenvalue weighted by Gasteiger charge is 2.33. The van der Waals surface area contributed by atoms with E-state index < -0.39 is 11.9 Å². The van der Waals surface area contributed by atoms with Crippen LogP contribution in [0, 0.1) is 0 Å². The largest absolute Gasteiger partial charge is 0.493 e. The van der Waals surface area contributed by atoms with E-state index in [4.69, 9.17) is 14.6 Å². The third-order valence-electron chi connectivity index (χ3n) is 6.45. The summed E-state index contributed by atoms with van der Waals surface area (Å²) in [4.78, 5) is 24.1. The molecule has 1 N–H and O–H groups in total. The number of fused-ring (bicyclic) bond motifs is 1. The van der Waals surface area contributed by atoms with Gasteiger partial charge in [-0.1, -0.05) is 52.2 Å². The van der Waals surface area contributed by atoms with Crippen molar-refractivity contribution in [3.05, 3.63) is 59.2 Å². The minimum Gasteiger partial charge on any atom is -0.493 e. The second-order valence-electron chi connectivity index (χ2n) is 8.57. The molecule has 166 valence electrons. The van der Waals surface area contributed by atoms with E-state index in [2.05, 4.69) is 26.8 Å². The van der Waals surface area contributed by atoms with E-state index in [1.54, 1.807) is 0 Å². The second-order valence-corrected chi connectivity index (χ2v) is 8.57. The molecule has 0 aromatic heterocycles. The lowest BCUT2D eigenvalue weighted by Crippen LogP contribution is -2.29. The molecule has 2 aromatic rings. The van der Waals surface area contributed by atoms with Gasteiger partial charge in [0.25, 0.3) is 0 Å². The molecule has 3 rings (SSSR count). The van der Waals surface area contributed by atoms with E-state index in [0.29, 0.717) is 18.8 Å². The number of carboxylic acid groups (broad SMARTS) is 1. The van der Waals surface area contributed by atoms with Crippen molar-refractivity contribution in [3.8, 4) is 11.5 Å². The third-order valence-corrected chi connectivity index (χ3v) is 6.45. The Morgan fingerprint density at radius 2 is 1.87 bits per heavy atom. The summed E-state index contributed by atoms with van der Waals surface area (Å²) in [6.07, 6.45) is 5.77. The highest BCUT2D eigenvalue weighted by Crippen LogP contribution is 2.42. The minimum atomic E-state index is -1.01. The summed E-state index contributed by atoms with van der Waals surface area (Å²) in [5.74, 6) is -0.512. The predicted octanol–water partition coefficient (Wildman–Crippen LogP) is 6.10. The highest BCUT2D eigenvalue weighted by atomic mass is 16.5. The van der Waals surface area contributed by atoms with Crippen LogP contribution in [0.2, 0.25) is 0 Å². The average Bonchev–Trinajstić information content (AvgIpc) is 2.77. The van der Waals surface area contributed by atoms with Crippen LogP contribution in [0.4, 0.5) is 0 Å². The highest BCUT2D eigenvalue weighted by molar-refractivity contribution is 5.88. The van der Waals surface area contributed by atoms with Crippen LogP contribution in [-0.4, -0.2) is 23.7 Å². The topological polar surface area (TPSA) is 72.8 Å². The third kappa shape index (κ3) is 5.27. The van der Waals surface area contributed by atoms with Gasteiger partial charge in [0.1, 0.15) is 11.5 Å². The first kappa shape index (κ1) is 22.9. The van der Waals surface area contributed by atoms with Crippen LogP contribution in [0.15, 0.2) is 42.5 Å². The lowest BCUT2D eigenvalue weighted by molar-refractivity contribution is -0.136. The maximum Gasteiger partial charge on any atom is 0.335 e. The molecule has 0 aliphatic carbocycles. The van der Waals surface area contributed by atoms with Gasteiger partial charge in [-0.3, -0.25) is 4.79 Å². The molecule has 0 spiro atoms. The molecule has 2 aromatic carbocycles. The Bertz CT molecular complexity index is 918. The van der Waals surface area contributed by atoms with E-state index in [1.807, 2.05) is 12.1 Å². The Labute approximate surface area is 184 Å². The smallest absolute Gasteiger partial charge is 0.335 e. The van der Waals surface area contributed by atoms with Gasteiger partial charge in [-0.2, -0.15) is 0 Å². The van der Waals surface area contributed by atoms with E-state index in [9.17, 15) is 9.59 Å². The van der Waals surface area contributed by atoms with Crippen molar-refractivity contribution in [2.24, 2.45) is 0 Å². The molecule has 5 nitrogen and oxygen atoms in total. The van der Waals surface area contributed by atoms with Gasteiger partial charge in [0.2, 0.25) is 0 Å². The van der Waals surface area contributed by atoms with Crippen LogP contribution in [0.3, 0.4) is 0 Å². The molecular weight excluding hydrogens is 392 g/mol. The summed E-state index contributed by atoms with van der Waals surface area (Å²) in [5.41, 5.74) is 2.36. The molecule has 31 heavy (non-hydrogen) atoms. The van der Waals surface area contributed by atoms with Gasteiger partial charge in [-0.05, 0) is 60.6 Å². The summed E-state index contributed by atoms with van der Waals surface area (Å²) in [7, 11) is 0. The van der Waals surface area contributed by atoms with Crippen molar-refractivity contribution >= 4 is 11.9 Å². The number of carbonyl (C=O) groups excluding carboxylic acids is 1. The molecule has 0 bridgehead atoms. The summed E-state index contributed by atoms with van der Waals surface area (Å²) >= 11 is 0. The molecule has 0 fully saturated rings. The fourth-order valence-electron chi connectivity index (χ4n) is 4.13. The maximum atomic E-state index is 13.1. The summed E-state index contributed by atoms with van der Waals surface area (Å²) in [5, 5.41) is 9.05. The number of hydrogen-bond donors (Lipinski definition) is 1. The van der Waals surface area contributed by atoms with Crippen molar-refractivity contribution in [2.45, 2.75) is 70.6 Å². The molecule has 1 aliphatic rings. The Kier molecular flexibility index (Phi) is 7.37. The number of aromatic carboxylic acids is 1. The van der Waals surface area contributed by atoms with Gasteiger partial charge in [-0.25, -0.2) is 4.79 Å². The quantitative estimate of drug-likeness (QED) is 0.299. The van der Waals surface area contributed by atoms with Crippen LogP contribution < -0.4 is 9.47 Å². The fraction of sp³-hybridized carbons (Fsp3) is 0.462. The van der Waals surface area contributed by atoms with Gasteiger partial charge < -0.3 is 14.6 Å². The van der Waals surface area contributed by atoms with Crippen LogP contribution in [0.5, 0.6) is 11.5 Å². The van der Waals surface area contributed by atoms with Gasteiger partial charge >= 0.3 is 11.9 Å². The standard InChI is InChI=1S/C26H32O5/c1-4-6-7-8-21(25(29)31-20-12-9-18(10-13-20)24(27)28)19-11-14-22-23(17-19)30-16-15-26(22,3)5-2/h9-14,17,21H,4-8,15-16H2,1-3H3,(H,27,28). The van der Waals surface area contributed by atoms with E-state index >= 15 is 0 Å². The van der Waals surface area contributed by atoms with E-state index in [-0.39, 0.29) is 16.9 Å². The Hall–Kier alpha value is -2.82. The predicted molar refractivity (Wildman–Crippen MR) is 120 cm³/mol. The molecule has 2 atom stereocenters. The van der Waals surface area contributed by atoms with Crippen molar-refractivity contribution in [3.63, 3.8) is 0 Å². The zero-order valence-electron chi connectivity index (χ0n) is 18.6. The van der Waals surface area contributed by atoms with Gasteiger partial charge in [-0.15, -0.1) is 0 Å². The van der Waals surface area contributed by atoms with Gasteiger partial charge in [0.15, 0.2) is 0 Å². The summed E-state index contributed by atoms with van der Waals surface area (Å²) < 4.78 is 11.6. The van der Waals surface area contributed by atoms with Gasteiger partial charge in [0, 0.05) is 5.56 Å². The van der Waals surface area contributed by atoms with Crippen molar-refractivity contribution in [1.29, 1.82) is 0 Å². The zero-order valence-corrected chi connectivity index (χ0v) is 18.6. The molecule has 2 unspecified atom stereocenters. The lowest BCUT2D eigenvalue weighted by atomic mass is 9.75. The second kappa shape index (κ2) is 9.99. The number of carboxylic acids is 1. The Morgan fingerprint density at radius 3 is 2.52 bits per heavy atom. The molecule has 0 radical (unpaired) electrons. The van der Waals surface area contributed by atoms with E-state index in [0.717, 1.165) is 43.4 Å². The zero-order chi connectivity index (χ0) is 22.4. The average molecular weight is 425 g/mol. The lowest BCUT2D eigenvalue weighted by Gasteiger charge is -2.35. The van der Waals surface area contributed by atoms with Crippen LogP contribution in [0.25, 0.3) is 0 Å². The number of carbonyl (C=O) groups is 2. The SMILES string of the molecule is CCCCCC(C(=O)Oc1ccc(C(=O)O)cc1)c1ccc2c(c1)OCCC2(C)CC. The first-order valence-corrected chi connectivity index (χ1v) is 11.2. The summed E-state index contributed by atoms with van der Waals surface area (Å²) in [6, 6.07) is 12.1. The normalized spacial score (nSPS) is 18.5. The number of rotatable bonds is 9.